The van der Waals surface area contributed by atoms with Crippen molar-refractivity contribution in [1.29, 1.82) is 0 Å². The largest absolute Gasteiger partial charge is 0.381 e. The highest BCUT2D eigenvalue weighted by molar-refractivity contribution is 5.10. The smallest absolute Gasteiger partial charge is 0.0992 e. The molecular formula is C20H30N2O3. The van der Waals surface area contributed by atoms with Gasteiger partial charge in [0.25, 0.3) is 0 Å². The summed E-state index contributed by atoms with van der Waals surface area (Å²) < 4.78 is 17.9. The lowest BCUT2D eigenvalue weighted by Crippen LogP contribution is -2.51. The molecule has 0 radical (unpaired) electrons. The number of pyridine rings is 1. The summed E-state index contributed by atoms with van der Waals surface area (Å²) in [6.07, 6.45) is 5.00. The molecule has 1 aliphatic carbocycles. The summed E-state index contributed by atoms with van der Waals surface area (Å²) in [4.78, 5) is 7.22. The Morgan fingerprint density at radius 1 is 1.16 bits per heavy atom. The number of fused-ring (bicyclic) bond motifs is 1. The molecule has 138 valence electrons. The molecule has 3 heterocycles. The molecule has 2 aliphatic heterocycles. The Labute approximate surface area is 150 Å². The average Bonchev–Trinajstić information content (AvgIpc) is 3.05. The first kappa shape index (κ1) is 17.4. The topological polar surface area (TPSA) is 43.8 Å². The van der Waals surface area contributed by atoms with Gasteiger partial charge in [0.05, 0.1) is 31.1 Å². The second kappa shape index (κ2) is 8.12. The summed E-state index contributed by atoms with van der Waals surface area (Å²) in [5.41, 5.74) is 2.25. The molecule has 0 spiro atoms. The molecule has 0 aromatic carbocycles. The summed E-state index contributed by atoms with van der Waals surface area (Å²) in [6.45, 7) is 7.39. The molecule has 0 amide bonds. The van der Waals surface area contributed by atoms with Crippen molar-refractivity contribution in [2.45, 2.75) is 57.4 Å². The van der Waals surface area contributed by atoms with Gasteiger partial charge in [-0.3, -0.25) is 9.88 Å². The highest BCUT2D eigenvalue weighted by Gasteiger charge is 2.43. The molecule has 1 aromatic heterocycles. The van der Waals surface area contributed by atoms with E-state index in [2.05, 4.69) is 35.0 Å². The lowest BCUT2D eigenvalue weighted by atomic mass is 10.0. The first-order valence-corrected chi connectivity index (χ1v) is 9.77. The van der Waals surface area contributed by atoms with E-state index in [1.54, 1.807) is 0 Å². The lowest BCUT2D eigenvalue weighted by molar-refractivity contribution is -0.122. The van der Waals surface area contributed by atoms with Gasteiger partial charge in [0.15, 0.2) is 0 Å². The zero-order valence-corrected chi connectivity index (χ0v) is 15.2. The van der Waals surface area contributed by atoms with Crippen LogP contribution < -0.4 is 0 Å². The van der Waals surface area contributed by atoms with E-state index in [4.69, 9.17) is 14.2 Å². The van der Waals surface area contributed by atoms with Crippen LogP contribution in [0.25, 0.3) is 0 Å². The van der Waals surface area contributed by atoms with Crippen LogP contribution >= 0.6 is 0 Å². The SMILES string of the molecule is Cc1cccc(CN2CCO[C@H]3[C@H](OCC4CCOCC4)CC[C@@H]32)n1. The standard InChI is InChI=1S/C20H30N2O3/c1-15-3-2-4-17(21-15)13-22-9-12-24-20-18(22)5-6-19(20)25-14-16-7-10-23-11-8-16/h2-4,16,18-20H,5-14H2,1H3/t18-,19+,20+/m0/s1. The Morgan fingerprint density at radius 3 is 2.88 bits per heavy atom. The minimum atomic E-state index is 0.221. The van der Waals surface area contributed by atoms with Gasteiger partial charge in [-0.1, -0.05) is 6.07 Å². The van der Waals surface area contributed by atoms with E-state index in [-0.39, 0.29) is 12.2 Å². The van der Waals surface area contributed by atoms with Gasteiger partial charge < -0.3 is 14.2 Å². The zero-order valence-electron chi connectivity index (χ0n) is 15.2. The van der Waals surface area contributed by atoms with E-state index in [9.17, 15) is 0 Å². The van der Waals surface area contributed by atoms with Gasteiger partial charge >= 0.3 is 0 Å². The molecule has 0 N–H and O–H groups in total. The molecule has 3 aliphatic rings. The Hall–Kier alpha value is -1.01. The molecule has 3 fully saturated rings. The minimum absolute atomic E-state index is 0.221. The summed E-state index contributed by atoms with van der Waals surface area (Å²) in [6, 6.07) is 6.76. The van der Waals surface area contributed by atoms with Gasteiger partial charge in [-0.05, 0) is 50.7 Å². The number of hydrogen-bond acceptors (Lipinski definition) is 5. The van der Waals surface area contributed by atoms with Gasteiger partial charge in [0.2, 0.25) is 0 Å². The second-order valence-corrected chi connectivity index (χ2v) is 7.65. The predicted octanol–water partition coefficient (Wildman–Crippen LogP) is 2.57. The van der Waals surface area contributed by atoms with E-state index in [0.717, 1.165) is 76.6 Å². The number of aryl methyl sites for hydroxylation is 1. The fourth-order valence-corrected chi connectivity index (χ4v) is 4.43. The first-order valence-electron chi connectivity index (χ1n) is 9.77. The Bertz CT molecular complexity index is 562. The highest BCUT2D eigenvalue weighted by Crippen LogP contribution is 2.33. The van der Waals surface area contributed by atoms with Crippen LogP contribution in [0.2, 0.25) is 0 Å². The van der Waals surface area contributed by atoms with Crippen molar-refractivity contribution in [3.63, 3.8) is 0 Å². The van der Waals surface area contributed by atoms with Crippen molar-refractivity contribution in [2.24, 2.45) is 5.92 Å². The summed E-state index contributed by atoms with van der Waals surface area (Å²) in [5, 5.41) is 0. The molecule has 0 bridgehead atoms. The average molecular weight is 346 g/mol. The maximum Gasteiger partial charge on any atom is 0.0992 e. The Kier molecular flexibility index (Phi) is 5.66. The van der Waals surface area contributed by atoms with Crippen LogP contribution in [0.4, 0.5) is 0 Å². The second-order valence-electron chi connectivity index (χ2n) is 7.65. The summed E-state index contributed by atoms with van der Waals surface area (Å²) in [7, 11) is 0. The number of nitrogens with zero attached hydrogens (tertiary/aromatic N) is 2. The van der Waals surface area contributed by atoms with Crippen LogP contribution in [0.5, 0.6) is 0 Å². The minimum Gasteiger partial charge on any atom is -0.381 e. The quantitative estimate of drug-likeness (QED) is 0.820. The van der Waals surface area contributed by atoms with Crippen molar-refractivity contribution in [3.8, 4) is 0 Å². The molecule has 1 aromatic rings. The van der Waals surface area contributed by atoms with Crippen molar-refractivity contribution < 1.29 is 14.2 Å². The van der Waals surface area contributed by atoms with Crippen molar-refractivity contribution in [2.75, 3.05) is 33.0 Å². The van der Waals surface area contributed by atoms with Gasteiger partial charge in [0.1, 0.15) is 0 Å². The number of hydrogen-bond donors (Lipinski definition) is 0. The normalized spacial score (nSPS) is 31.2. The summed E-state index contributed by atoms with van der Waals surface area (Å²) >= 11 is 0. The Morgan fingerprint density at radius 2 is 2.04 bits per heavy atom. The van der Waals surface area contributed by atoms with Crippen molar-refractivity contribution >= 4 is 0 Å². The third-order valence-corrected chi connectivity index (χ3v) is 5.85. The number of aromatic nitrogens is 1. The maximum atomic E-state index is 6.31. The summed E-state index contributed by atoms with van der Waals surface area (Å²) in [5.74, 6) is 0.656. The zero-order chi connectivity index (χ0) is 17.1. The monoisotopic (exact) mass is 346 g/mol. The third-order valence-electron chi connectivity index (χ3n) is 5.85. The molecule has 0 unspecified atom stereocenters. The fourth-order valence-electron chi connectivity index (χ4n) is 4.43. The number of ether oxygens (including phenoxy) is 3. The molecule has 5 heteroatoms. The molecule has 25 heavy (non-hydrogen) atoms. The van der Waals surface area contributed by atoms with E-state index in [1.165, 1.54) is 0 Å². The Balaban J connectivity index is 1.33. The maximum absolute atomic E-state index is 6.31. The van der Waals surface area contributed by atoms with Crippen LogP contribution in [-0.2, 0) is 20.8 Å². The van der Waals surface area contributed by atoms with E-state index >= 15 is 0 Å². The van der Waals surface area contributed by atoms with Crippen molar-refractivity contribution in [1.82, 2.24) is 9.88 Å². The molecule has 5 nitrogen and oxygen atoms in total. The predicted molar refractivity (Wildman–Crippen MR) is 95.4 cm³/mol. The molecule has 3 atom stereocenters. The van der Waals surface area contributed by atoms with Crippen LogP contribution in [0.15, 0.2) is 18.2 Å². The van der Waals surface area contributed by atoms with Gasteiger partial charge in [-0.15, -0.1) is 0 Å². The third kappa shape index (κ3) is 4.22. The molecule has 4 rings (SSSR count). The molecule has 1 saturated carbocycles. The number of morpholine rings is 1. The lowest BCUT2D eigenvalue weighted by Gasteiger charge is -2.39. The van der Waals surface area contributed by atoms with E-state index < -0.39 is 0 Å². The van der Waals surface area contributed by atoms with Crippen LogP contribution in [0.1, 0.15) is 37.1 Å². The number of rotatable bonds is 5. The molecule has 2 saturated heterocycles. The molecular weight excluding hydrogens is 316 g/mol. The van der Waals surface area contributed by atoms with Gasteiger partial charge in [0, 0.05) is 38.0 Å². The first-order chi connectivity index (χ1) is 12.3. The van der Waals surface area contributed by atoms with Gasteiger partial charge in [-0.25, -0.2) is 0 Å². The van der Waals surface area contributed by atoms with E-state index in [1.807, 2.05) is 0 Å². The van der Waals surface area contributed by atoms with Crippen molar-refractivity contribution in [3.05, 3.63) is 29.6 Å². The van der Waals surface area contributed by atoms with E-state index in [0.29, 0.717) is 12.0 Å². The highest BCUT2D eigenvalue weighted by atomic mass is 16.5. The van der Waals surface area contributed by atoms with Crippen LogP contribution in [0.3, 0.4) is 0 Å². The van der Waals surface area contributed by atoms with Crippen LogP contribution in [-0.4, -0.2) is 61.1 Å². The fraction of sp³-hybridized carbons (Fsp3) is 0.750. The van der Waals surface area contributed by atoms with Gasteiger partial charge in [-0.2, -0.15) is 0 Å². The van der Waals surface area contributed by atoms with Crippen LogP contribution in [0, 0.1) is 12.8 Å².